The Morgan fingerprint density at radius 3 is 2.69 bits per heavy atom. The van der Waals surface area contributed by atoms with Crippen LogP contribution >= 0.6 is 11.6 Å². The highest BCUT2D eigenvalue weighted by molar-refractivity contribution is 6.67. The standard InChI is InChI=1S/C7H7ClN2O3/c1-10-5(6(8)11)4(3-9-10)7(12)13-2/h3H,1-2H3. The molecule has 70 valence electrons. The van der Waals surface area contributed by atoms with Crippen LogP contribution in [-0.4, -0.2) is 28.1 Å². The van der Waals surface area contributed by atoms with Crippen LogP contribution < -0.4 is 0 Å². The molecule has 0 atom stereocenters. The summed E-state index contributed by atoms with van der Waals surface area (Å²) < 4.78 is 5.66. The lowest BCUT2D eigenvalue weighted by molar-refractivity contribution is 0.0597. The zero-order chi connectivity index (χ0) is 10.0. The number of carbonyl (C=O) groups excluding carboxylic acids is 2. The van der Waals surface area contributed by atoms with E-state index < -0.39 is 11.2 Å². The van der Waals surface area contributed by atoms with Crippen molar-refractivity contribution in [3.63, 3.8) is 0 Å². The van der Waals surface area contributed by atoms with Crippen LogP contribution in [0.25, 0.3) is 0 Å². The van der Waals surface area contributed by atoms with E-state index in [2.05, 4.69) is 9.84 Å². The van der Waals surface area contributed by atoms with Crippen molar-refractivity contribution >= 4 is 22.8 Å². The van der Waals surface area contributed by atoms with Crippen LogP contribution in [0.4, 0.5) is 0 Å². The van der Waals surface area contributed by atoms with Gasteiger partial charge in [-0.3, -0.25) is 9.48 Å². The molecule has 0 fully saturated rings. The molecule has 1 aromatic rings. The molecular weight excluding hydrogens is 196 g/mol. The van der Waals surface area contributed by atoms with Crippen LogP contribution in [0.15, 0.2) is 6.20 Å². The highest BCUT2D eigenvalue weighted by Gasteiger charge is 2.20. The molecule has 6 heteroatoms. The summed E-state index contributed by atoms with van der Waals surface area (Å²) >= 11 is 5.25. The third kappa shape index (κ3) is 1.70. The number of methoxy groups -OCH3 is 1. The van der Waals surface area contributed by atoms with Crippen molar-refractivity contribution in [1.29, 1.82) is 0 Å². The number of hydrogen-bond acceptors (Lipinski definition) is 4. The molecule has 0 aliphatic rings. The molecule has 0 N–H and O–H groups in total. The summed E-state index contributed by atoms with van der Waals surface area (Å²) in [6.07, 6.45) is 1.24. The van der Waals surface area contributed by atoms with Gasteiger partial charge in [-0.1, -0.05) is 0 Å². The maximum Gasteiger partial charge on any atom is 0.341 e. The maximum atomic E-state index is 11.1. The van der Waals surface area contributed by atoms with Crippen LogP contribution in [0.5, 0.6) is 0 Å². The summed E-state index contributed by atoms with van der Waals surface area (Å²) in [4.78, 5) is 21.9. The smallest absolute Gasteiger partial charge is 0.341 e. The van der Waals surface area contributed by atoms with E-state index in [1.807, 2.05) is 0 Å². The molecule has 0 saturated heterocycles. The molecule has 13 heavy (non-hydrogen) atoms. The Balaban J connectivity index is 3.22. The molecule has 0 spiro atoms. The Labute approximate surface area is 79.2 Å². The number of aromatic nitrogens is 2. The monoisotopic (exact) mass is 202 g/mol. The lowest BCUT2D eigenvalue weighted by Gasteiger charge is -1.98. The topological polar surface area (TPSA) is 61.2 Å². The molecule has 1 heterocycles. The average molecular weight is 203 g/mol. The normalized spacial score (nSPS) is 9.77. The van der Waals surface area contributed by atoms with E-state index in [9.17, 15) is 9.59 Å². The molecule has 1 aromatic heterocycles. The van der Waals surface area contributed by atoms with Crippen molar-refractivity contribution < 1.29 is 14.3 Å². The molecule has 0 aliphatic carbocycles. The van der Waals surface area contributed by atoms with E-state index in [4.69, 9.17) is 11.6 Å². The van der Waals surface area contributed by atoms with Crippen LogP contribution in [0.1, 0.15) is 20.8 Å². The fraction of sp³-hybridized carbons (Fsp3) is 0.286. The summed E-state index contributed by atoms with van der Waals surface area (Å²) in [5.74, 6) is -0.628. The van der Waals surface area contributed by atoms with Crippen molar-refractivity contribution in [2.45, 2.75) is 0 Å². The van der Waals surface area contributed by atoms with E-state index in [1.54, 1.807) is 0 Å². The molecule has 0 radical (unpaired) electrons. The first-order valence-electron chi connectivity index (χ1n) is 3.38. The van der Waals surface area contributed by atoms with Gasteiger partial charge in [0.1, 0.15) is 11.3 Å². The van der Waals surface area contributed by atoms with Crippen LogP contribution in [-0.2, 0) is 11.8 Å². The van der Waals surface area contributed by atoms with Gasteiger partial charge in [-0.15, -0.1) is 0 Å². The number of carbonyl (C=O) groups is 2. The van der Waals surface area contributed by atoms with Gasteiger partial charge in [0.15, 0.2) is 0 Å². The average Bonchev–Trinajstić information content (AvgIpc) is 2.45. The number of rotatable bonds is 2. The van der Waals surface area contributed by atoms with Crippen molar-refractivity contribution in [2.75, 3.05) is 7.11 Å². The molecule has 0 saturated carbocycles. The predicted octanol–water partition coefficient (Wildman–Crippen LogP) is 0.586. The molecule has 0 unspecified atom stereocenters. The molecule has 1 rings (SSSR count). The highest BCUT2D eigenvalue weighted by atomic mass is 35.5. The largest absolute Gasteiger partial charge is 0.465 e. The van der Waals surface area contributed by atoms with Crippen molar-refractivity contribution in [2.24, 2.45) is 7.05 Å². The van der Waals surface area contributed by atoms with E-state index in [-0.39, 0.29) is 11.3 Å². The number of ether oxygens (including phenoxy) is 1. The highest BCUT2D eigenvalue weighted by Crippen LogP contribution is 2.11. The van der Waals surface area contributed by atoms with Gasteiger partial charge in [-0.05, 0) is 11.6 Å². The van der Waals surface area contributed by atoms with E-state index in [1.165, 1.54) is 25.0 Å². The molecule has 0 amide bonds. The van der Waals surface area contributed by atoms with E-state index in [0.717, 1.165) is 0 Å². The fourth-order valence-electron chi connectivity index (χ4n) is 0.930. The Kier molecular flexibility index (Phi) is 2.67. The number of esters is 1. The van der Waals surface area contributed by atoms with Gasteiger partial charge < -0.3 is 4.74 Å². The minimum absolute atomic E-state index is 0.0357. The molecule has 0 aliphatic heterocycles. The van der Waals surface area contributed by atoms with E-state index in [0.29, 0.717) is 0 Å². The molecule has 5 nitrogen and oxygen atoms in total. The summed E-state index contributed by atoms with van der Waals surface area (Å²) in [7, 11) is 2.74. The van der Waals surface area contributed by atoms with Crippen molar-refractivity contribution in [3.8, 4) is 0 Å². The Morgan fingerprint density at radius 2 is 2.23 bits per heavy atom. The number of hydrogen-bond donors (Lipinski definition) is 0. The summed E-state index contributed by atoms with van der Waals surface area (Å²) in [6, 6.07) is 0. The zero-order valence-electron chi connectivity index (χ0n) is 7.07. The van der Waals surface area contributed by atoms with Gasteiger partial charge in [-0.2, -0.15) is 5.10 Å². The molecule has 0 bridgehead atoms. The second-order valence-corrected chi connectivity index (χ2v) is 2.64. The second-order valence-electron chi connectivity index (χ2n) is 2.30. The van der Waals surface area contributed by atoms with Gasteiger partial charge in [0.25, 0.3) is 5.24 Å². The Bertz CT molecular complexity index is 359. The van der Waals surface area contributed by atoms with Crippen molar-refractivity contribution in [3.05, 3.63) is 17.5 Å². The van der Waals surface area contributed by atoms with Gasteiger partial charge in [0.2, 0.25) is 0 Å². The summed E-state index contributed by atoms with van der Waals surface area (Å²) in [5, 5.41) is 2.98. The summed E-state index contributed by atoms with van der Waals surface area (Å²) in [5.41, 5.74) is 0.110. The van der Waals surface area contributed by atoms with Gasteiger partial charge in [0.05, 0.1) is 13.3 Å². The quantitative estimate of drug-likeness (QED) is 0.520. The zero-order valence-corrected chi connectivity index (χ0v) is 7.83. The minimum Gasteiger partial charge on any atom is -0.465 e. The third-order valence-electron chi connectivity index (χ3n) is 1.53. The second kappa shape index (κ2) is 3.57. The van der Waals surface area contributed by atoms with Crippen molar-refractivity contribution in [1.82, 2.24) is 9.78 Å². The first-order valence-corrected chi connectivity index (χ1v) is 3.76. The molecular formula is C7H7ClN2O3. The first kappa shape index (κ1) is 9.73. The van der Waals surface area contributed by atoms with Gasteiger partial charge >= 0.3 is 5.97 Å². The minimum atomic E-state index is -0.736. The number of halogens is 1. The SMILES string of the molecule is COC(=O)c1cnn(C)c1C(=O)Cl. The van der Waals surface area contributed by atoms with Gasteiger partial charge in [-0.25, -0.2) is 4.79 Å². The maximum absolute atomic E-state index is 11.1. The lowest BCUT2D eigenvalue weighted by Crippen LogP contribution is -2.09. The third-order valence-corrected chi connectivity index (χ3v) is 1.71. The fourth-order valence-corrected chi connectivity index (χ4v) is 1.15. The summed E-state index contributed by atoms with van der Waals surface area (Å²) in [6.45, 7) is 0. The first-order chi connectivity index (χ1) is 6.07. The van der Waals surface area contributed by atoms with Crippen LogP contribution in [0.2, 0.25) is 0 Å². The molecule has 0 aromatic carbocycles. The number of aryl methyl sites for hydroxylation is 1. The Hall–Kier alpha value is -1.36. The van der Waals surface area contributed by atoms with E-state index >= 15 is 0 Å². The van der Waals surface area contributed by atoms with Gasteiger partial charge in [0, 0.05) is 7.05 Å². The lowest BCUT2D eigenvalue weighted by atomic mass is 10.2. The number of nitrogens with zero attached hydrogens (tertiary/aromatic N) is 2. The van der Waals surface area contributed by atoms with Crippen LogP contribution in [0.3, 0.4) is 0 Å². The Morgan fingerprint density at radius 1 is 1.62 bits per heavy atom. The van der Waals surface area contributed by atoms with Crippen LogP contribution in [0, 0.1) is 0 Å². The predicted molar refractivity (Wildman–Crippen MR) is 44.7 cm³/mol.